The first kappa shape index (κ1) is 10.0. The monoisotopic (exact) mass is 208 g/mol. The van der Waals surface area contributed by atoms with Crippen molar-refractivity contribution in [2.75, 3.05) is 42.7 Å². The van der Waals surface area contributed by atoms with Gasteiger partial charge in [0.2, 0.25) is 0 Å². The molecule has 5 heteroatoms. The number of nitrogen functional groups attached to an aromatic ring is 2. The number of ether oxygens (including phenoxy) is 1. The number of aryl methyl sites for hydroxylation is 1. The van der Waals surface area contributed by atoms with Crippen LogP contribution in [0.25, 0.3) is 0 Å². The van der Waals surface area contributed by atoms with Crippen LogP contribution in [0.3, 0.4) is 0 Å². The third-order valence-corrected chi connectivity index (χ3v) is 2.60. The van der Waals surface area contributed by atoms with Crippen molar-refractivity contribution in [3.05, 3.63) is 11.8 Å². The van der Waals surface area contributed by atoms with Crippen molar-refractivity contribution in [1.29, 1.82) is 0 Å². The maximum absolute atomic E-state index is 5.81. The zero-order valence-electron chi connectivity index (χ0n) is 8.86. The molecule has 1 fully saturated rings. The van der Waals surface area contributed by atoms with Crippen LogP contribution in [-0.4, -0.2) is 31.3 Å². The van der Waals surface area contributed by atoms with Crippen LogP contribution in [0.5, 0.6) is 0 Å². The molecule has 1 aromatic rings. The van der Waals surface area contributed by atoms with E-state index in [1.54, 1.807) is 0 Å². The van der Waals surface area contributed by atoms with E-state index in [0.29, 0.717) is 11.4 Å². The molecule has 4 N–H and O–H groups in total. The van der Waals surface area contributed by atoms with Gasteiger partial charge in [0.25, 0.3) is 0 Å². The molecular formula is C10H16N4O. The Hall–Kier alpha value is -1.49. The highest BCUT2D eigenvalue weighted by molar-refractivity contribution is 5.69. The lowest BCUT2D eigenvalue weighted by Gasteiger charge is -2.28. The predicted molar refractivity (Wildman–Crippen MR) is 60.8 cm³/mol. The van der Waals surface area contributed by atoms with Gasteiger partial charge in [0.1, 0.15) is 5.82 Å². The van der Waals surface area contributed by atoms with Crippen molar-refractivity contribution >= 4 is 17.2 Å². The predicted octanol–water partition coefficient (Wildman–Crippen LogP) is 0.391. The summed E-state index contributed by atoms with van der Waals surface area (Å²) < 4.78 is 5.28. The highest BCUT2D eigenvalue weighted by Gasteiger charge is 2.14. The van der Waals surface area contributed by atoms with Gasteiger partial charge in [-0.05, 0) is 6.92 Å². The Bertz CT molecular complexity index is 337. The lowest BCUT2D eigenvalue weighted by Crippen LogP contribution is -2.36. The fourth-order valence-corrected chi connectivity index (χ4v) is 1.64. The summed E-state index contributed by atoms with van der Waals surface area (Å²) in [7, 11) is 0. The lowest BCUT2D eigenvalue weighted by molar-refractivity contribution is 0.122. The first-order valence-corrected chi connectivity index (χ1v) is 5.04. The molecule has 1 aromatic heterocycles. The van der Waals surface area contributed by atoms with Crippen LogP contribution in [0, 0.1) is 6.92 Å². The molecule has 0 bridgehead atoms. The summed E-state index contributed by atoms with van der Waals surface area (Å²) in [6, 6.07) is 1.83. The van der Waals surface area contributed by atoms with Gasteiger partial charge in [0, 0.05) is 19.2 Å². The van der Waals surface area contributed by atoms with Crippen LogP contribution in [-0.2, 0) is 4.74 Å². The van der Waals surface area contributed by atoms with E-state index >= 15 is 0 Å². The number of rotatable bonds is 1. The van der Waals surface area contributed by atoms with Crippen LogP contribution < -0.4 is 16.4 Å². The molecule has 0 spiro atoms. The third-order valence-electron chi connectivity index (χ3n) is 2.60. The lowest BCUT2D eigenvalue weighted by atomic mass is 10.2. The summed E-state index contributed by atoms with van der Waals surface area (Å²) in [6.07, 6.45) is 0. The first-order chi connectivity index (χ1) is 7.18. The second-order valence-electron chi connectivity index (χ2n) is 3.67. The summed E-state index contributed by atoms with van der Waals surface area (Å²) in [4.78, 5) is 6.58. The Kier molecular flexibility index (Phi) is 2.64. The summed E-state index contributed by atoms with van der Waals surface area (Å²) in [5, 5.41) is 0. The van der Waals surface area contributed by atoms with Gasteiger partial charge in [-0.3, -0.25) is 0 Å². The molecule has 0 aliphatic carbocycles. The minimum Gasteiger partial charge on any atom is -0.397 e. The highest BCUT2D eigenvalue weighted by Crippen LogP contribution is 2.24. The molecule has 2 heterocycles. The zero-order valence-corrected chi connectivity index (χ0v) is 8.86. The van der Waals surface area contributed by atoms with E-state index in [2.05, 4.69) is 9.88 Å². The first-order valence-electron chi connectivity index (χ1n) is 5.04. The molecule has 1 saturated heterocycles. The maximum atomic E-state index is 5.81. The van der Waals surface area contributed by atoms with Crippen LogP contribution in [0.15, 0.2) is 6.07 Å². The molecule has 1 aliphatic heterocycles. The van der Waals surface area contributed by atoms with Crippen LogP contribution >= 0.6 is 0 Å². The van der Waals surface area contributed by atoms with Gasteiger partial charge in [0.15, 0.2) is 0 Å². The molecule has 1 aliphatic rings. The van der Waals surface area contributed by atoms with Crippen molar-refractivity contribution in [2.24, 2.45) is 0 Å². The van der Waals surface area contributed by atoms with E-state index in [0.717, 1.165) is 37.8 Å². The SMILES string of the molecule is Cc1nc(N2CCOCC2)cc(N)c1N. The molecule has 0 radical (unpaired) electrons. The van der Waals surface area contributed by atoms with Gasteiger partial charge in [-0.1, -0.05) is 0 Å². The largest absolute Gasteiger partial charge is 0.397 e. The molecule has 5 nitrogen and oxygen atoms in total. The van der Waals surface area contributed by atoms with Gasteiger partial charge < -0.3 is 21.1 Å². The number of nitrogens with zero attached hydrogens (tertiary/aromatic N) is 2. The normalized spacial score (nSPS) is 16.7. The fourth-order valence-electron chi connectivity index (χ4n) is 1.64. The molecule has 0 saturated carbocycles. The van der Waals surface area contributed by atoms with Crippen molar-refractivity contribution in [2.45, 2.75) is 6.92 Å². The maximum Gasteiger partial charge on any atom is 0.131 e. The number of morpholine rings is 1. The van der Waals surface area contributed by atoms with Gasteiger partial charge >= 0.3 is 0 Å². The molecule has 15 heavy (non-hydrogen) atoms. The van der Waals surface area contributed by atoms with Gasteiger partial charge in [-0.2, -0.15) is 0 Å². The van der Waals surface area contributed by atoms with Crippen molar-refractivity contribution in [3.63, 3.8) is 0 Å². The van der Waals surface area contributed by atoms with E-state index in [4.69, 9.17) is 16.2 Å². The Balaban J connectivity index is 2.27. The van der Waals surface area contributed by atoms with Crippen molar-refractivity contribution in [3.8, 4) is 0 Å². The number of nitrogens with two attached hydrogens (primary N) is 2. The Morgan fingerprint density at radius 1 is 1.33 bits per heavy atom. The molecule has 2 rings (SSSR count). The second kappa shape index (κ2) is 3.94. The molecule has 0 aromatic carbocycles. The Morgan fingerprint density at radius 3 is 2.60 bits per heavy atom. The molecule has 0 atom stereocenters. The summed E-state index contributed by atoms with van der Waals surface area (Å²) in [6.45, 7) is 5.07. The minimum atomic E-state index is 0.576. The average Bonchev–Trinajstić information content (AvgIpc) is 2.26. The summed E-state index contributed by atoms with van der Waals surface area (Å²) in [5.74, 6) is 0.891. The van der Waals surface area contributed by atoms with E-state index < -0.39 is 0 Å². The molecular weight excluding hydrogens is 192 g/mol. The van der Waals surface area contributed by atoms with Gasteiger partial charge in [-0.15, -0.1) is 0 Å². The van der Waals surface area contributed by atoms with E-state index in [9.17, 15) is 0 Å². The number of aromatic nitrogens is 1. The van der Waals surface area contributed by atoms with E-state index in [1.807, 2.05) is 13.0 Å². The molecule has 0 unspecified atom stereocenters. The minimum absolute atomic E-state index is 0.576. The smallest absolute Gasteiger partial charge is 0.131 e. The summed E-state index contributed by atoms with van der Waals surface area (Å²) in [5.41, 5.74) is 13.5. The fraction of sp³-hybridized carbons (Fsp3) is 0.500. The van der Waals surface area contributed by atoms with Crippen molar-refractivity contribution in [1.82, 2.24) is 4.98 Å². The second-order valence-corrected chi connectivity index (χ2v) is 3.67. The number of hydrogen-bond acceptors (Lipinski definition) is 5. The Morgan fingerprint density at radius 2 is 2.00 bits per heavy atom. The molecule has 82 valence electrons. The topological polar surface area (TPSA) is 77.4 Å². The highest BCUT2D eigenvalue weighted by atomic mass is 16.5. The van der Waals surface area contributed by atoms with E-state index in [1.165, 1.54) is 0 Å². The van der Waals surface area contributed by atoms with Crippen LogP contribution in [0.4, 0.5) is 17.2 Å². The van der Waals surface area contributed by atoms with Crippen LogP contribution in [0.1, 0.15) is 5.69 Å². The number of pyridine rings is 1. The van der Waals surface area contributed by atoms with E-state index in [-0.39, 0.29) is 0 Å². The van der Waals surface area contributed by atoms with Gasteiger partial charge in [0.05, 0.1) is 30.3 Å². The van der Waals surface area contributed by atoms with Gasteiger partial charge in [-0.25, -0.2) is 4.98 Å². The number of hydrogen-bond donors (Lipinski definition) is 2. The summed E-state index contributed by atoms with van der Waals surface area (Å²) >= 11 is 0. The quantitative estimate of drug-likeness (QED) is 0.698. The standard InChI is InChI=1S/C10H16N4O/c1-7-10(12)8(11)6-9(13-7)14-2-4-15-5-3-14/h6H,2-5,12H2,1H3,(H2,11,13). The number of anilines is 3. The molecule has 0 amide bonds. The van der Waals surface area contributed by atoms with Crippen molar-refractivity contribution < 1.29 is 4.74 Å². The average molecular weight is 208 g/mol. The third kappa shape index (κ3) is 1.97. The van der Waals surface area contributed by atoms with Crippen LogP contribution in [0.2, 0.25) is 0 Å². The Labute approximate surface area is 89.0 Å². The zero-order chi connectivity index (χ0) is 10.8.